The van der Waals surface area contributed by atoms with Gasteiger partial charge in [0, 0.05) is 18.7 Å². The van der Waals surface area contributed by atoms with Crippen molar-refractivity contribution in [2.45, 2.75) is 126 Å². The van der Waals surface area contributed by atoms with Crippen molar-refractivity contribution in [2.24, 2.45) is 0 Å². The Morgan fingerprint density at radius 1 is 0.875 bits per heavy atom. The monoisotopic (exact) mass is 638 g/mol. The summed E-state index contributed by atoms with van der Waals surface area (Å²) in [6.07, 6.45) is -5.68. The van der Waals surface area contributed by atoms with Gasteiger partial charge in [-0.1, -0.05) is 41.5 Å². The van der Waals surface area contributed by atoms with Crippen molar-refractivity contribution in [1.29, 1.82) is 0 Å². The summed E-state index contributed by atoms with van der Waals surface area (Å²) in [5, 5.41) is 9.56. The molecule has 0 aromatic carbocycles. The molecule has 0 aromatic heterocycles. The third kappa shape index (κ3) is 9.03. The van der Waals surface area contributed by atoms with Crippen LogP contribution in [0.25, 0.3) is 0 Å². The van der Waals surface area contributed by atoms with Gasteiger partial charge in [0.25, 0.3) is 0 Å². The lowest BCUT2D eigenvalue weighted by molar-refractivity contribution is -0.193. The maximum Gasteiger partial charge on any atom is 0.488 e. The molecule has 4 radical (unpaired) electrons. The van der Waals surface area contributed by atoms with Gasteiger partial charge in [-0.2, -0.15) is 0 Å². The van der Waals surface area contributed by atoms with Gasteiger partial charge in [0.2, 0.25) is 0 Å². The molecule has 0 bridgehead atoms. The van der Waals surface area contributed by atoms with E-state index < -0.39 is 87.7 Å². The molecule has 11 nitrogen and oxygen atoms in total. The van der Waals surface area contributed by atoms with E-state index in [0.29, 0.717) is 0 Å². The molecule has 2 rings (SSSR count). The molecular weight excluding hydrogens is 592 g/mol. The fourth-order valence-electron chi connectivity index (χ4n) is 3.91. The molecule has 228 valence electrons. The Morgan fingerprint density at radius 3 is 1.70 bits per heavy atom. The molecule has 2 aliphatic rings. The van der Waals surface area contributed by atoms with E-state index in [2.05, 4.69) is 20.8 Å². The molecule has 40 heavy (non-hydrogen) atoms. The largest absolute Gasteiger partial charge is 0.566 e. The Balaban J connectivity index is 2.19. The Morgan fingerprint density at radius 2 is 1.30 bits per heavy atom. The smallest absolute Gasteiger partial charge is 0.488 e. The third-order valence-electron chi connectivity index (χ3n) is 8.34. The van der Waals surface area contributed by atoms with Crippen molar-refractivity contribution >= 4 is 48.2 Å². The highest BCUT2D eigenvalue weighted by Crippen LogP contribution is 2.50. The summed E-state index contributed by atoms with van der Waals surface area (Å²) in [7, 11) is 0.505. The quantitative estimate of drug-likeness (QED) is 0.249. The number of aliphatic hydroxyl groups is 1. The molecule has 0 amide bonds. The van der Waals surface area contributed by atoms with Gasteiger partial charge in [-0.25, -0.2) is 0 Å². The van der Waals surface area contributed by atoms with Crippen molar-refractivity contribution < 1.29 is 51.0 Å². The van der Waals surface area contributed by atoms with Gasteiger partial charge >= 0.3 is 15.9 Å². The molecule has 0 saturated carbocycles. The molecular formula is C23H46B2O11P2Si2. The second-order valence-electron chi connectivity index (χ2n) is 13.6. The van der Waals surface area contributed by atoms with E-state index in [0.717, 1.165) is 0 Å². The summed E-state index contributed by atoms with van der Waals surface area (Å²) in [6, 6.07) is -1.91. The Hall–Kier alpha value is 0.534. The van der Waals surface area contributed by atoms with E-state index in [1.165, 1.54) is 6.66 Å². The number of rotatable bonds is 12. The van der Waals surface area contributed by atoms with Crippen LogP contribution >= 0.6 is 15.9 Å². The fraction of sp³-hybridized carbons (Fsp3) is 1.00. The van der Waals surface area contributed by atoms with Crippen LogP contribution < -0.4 is 4.89 Å². The van der Waals surface area contributed by atoms with Crippen LogP contribution in [0.15, 0.2) is 0 Å². The van der Waals surface area contributed by atoms with Gasteiger partial charge in [-0.3, -0.25) is 9.09 Å². The standard InChI is InChI=1S/C23H46B2O11P2Si2/c1-22(2,3)39(8,9)35-18-16(33-37(27)28)15(32-20(18)24)13-30-38(7,29)34-17-14(12-26)31-21(25)19(17)36-40(10,11)23(4,5)6/h14-21,26H,12-13H2,1-11H3/t14-,15-,16?,17?,18+,19+,20-,21-,38?/m1/s1. The average molecular weight is 638 g/mol. The van der Waals surface area contributed by atoms with Crippen LogP contribution in [0.2, 0.25) is 36.3 Å². The van der Waals surface area contributed by atoms with Crippen LogP contribution in [0.1, 0.15) is 41.5 Å². The first-order valence-electron chi connectivity index (χ1n) is 13.4. The Kier molecular flexibility index (Phi) is 12.2. The predicted octanol–water partition coefficient (Wildman–Crippen LogP) is 3.17. The summed E-state index contributed by atoms with van der Waals surface area (Å²) >= 11 is 0. The normalized spacial score (nSPS) is 34.2. The maximum absolute atomic E-state index is 13.5. The molecule has 0 aliphatic carbocycles. The molecule has 2 heterocycles. The van der Waals surface area contributed by atoms with Crippen molar-refractivity contribution in [2.75, 3.05) is 19.9 Å². The van der Waals surface area contributed by atoms with E-state index in [1.807, 2.05) is 47.0 Å². The Bertz CT molecular complexity index is 931. The minimum atomic E-state index is -3.85. The van der Waals surface area contributed by atoms with Gasteiger partial charge in [-0.15, -0.1) is 4.52 Å². The fourth-order valence-corrected chi connectivity index (χ4v) is 8.14. The van der Waals surface area contributed by atoms with Crippen LogP contribution in [-0.4, -0.2) is 106 Å². The molecule has 2 saturated heterocycles. The van der Waals surface area contributed by atoms with Crippen LogP contribution in [0.4, 0.5) is 0 Å². The maximum atomic E-state index is 13.5. The van der Waals surface area contributed by atoms with E-state index in [1.54, 1.807) is 0 Å². The van der Waals surface area contributed by atoms with Crippen molar-refractivity contribution in [3.8, 4) is 0 Å². The average Bonchev–Trinajstić information content (AvgIpc) is 3.20. The van der Waals surface area contributed by atoms with E-state index in [4.69, 9.17) is 47.6 Å². The lowest BCUT2D eigenvalue weighted by Crippen LogP contribution is -2.50. The second-order valence-corrected chi connectivity index (χ2v) is 25.8. The topological polar surface area (TPSA) is 142 Å². The summed E-state index contributed by atoms with van der Waals surface area (Å²) in [5.74, 6) is 0. The SMILES string of the molecule is [B][C@@H]1O[C@H](COP(C)(=O)OC2[C@@H](CO)O[C@@H]([B])[C@H]2O[Si](C)(C)C(C)(C)C)C(O[P+](=O)[O-])[C@@H]1O[Si](C)(C)C(C)(C)C. The second kappa shape index (κ2) is 13.3. The highest BCUT2D eigenvalue weighted by Gasteiger charge is 2.53. The zero-order valence-electron chi connectivity index (χ0n) is 25.6. The van der Waals surface area contributed by atoms with E-state index >= 15 is 0 Å². The zero-order chi connectivity index (χ0) is 31.1. The molecule has 0 spiro atoms. The van der Waals surface area contributed by atoms with Gasteiger partial charge in [0.05, 0.1) is 25.4 Å². The molecule has 0 aromatic rings. The van der Waals surface area contributed by atoms with Gasteiger partial charge in [-0.05, 0) is 40.8 Å². The third-order valence-corrected chi connectivity index (χ3v) is 18.9. The number of ether oxygens (including phenoxy) is 2. The van der Waals surface area contributed by atoms with Crippen molar-refractivity contribution in [3.63, 3.8) is 0 Å². The van der Waals surface area contributed by atoms with E-state index in [9.17, 15) is 19.1 Å². The molecule has 10 atom stereocenters. The molecule has 2 aliphatic heterocycles. The first kappa shape index (κ1) is 36.7. The van der Waals surface area contributed by atoms with Crippen molar-refractivity contribution in [3.05, 3.63) is 0 Å². The number of hydrogen-bond acceptors (Lipinski definition) is 11. The highest BCUT2D eigenvalue weighted by molar-refractivity contribution is 7.53. The van der Waals surface area contributed by atoms with Crippen LogP contribution in [-0.2, 0) is 41.0 Å². The molecule has 17 heteroatoms. The first-order chi connectivity index (χ1) is 17.9. The first-order valence-corrected chi connectivity index (χ1v) is 22.3. The minimum Gasteiger partial charge on any atom is -0.566 e. The molecule has 1 N–H and O–H groups in total. The molecule has 4 unspecified atom stereocenters. The summed E-state index contributed by atoms with van der Waals surface area (Å²) in [5.41, 5.74) is 0. The van der Waals surface area contributed by atoms with Gasteiger partial charge in [0.1, 0.15) is 34.0 Å². The Labute approximate surface area is 245 Å². The van der Waals surface area contributed by atoms with Gasteiger partial charge < -0.3 is 32.8 Å². The number of aliphatic hydroxyl groups excluding tert-OH is 1. The minimum absolute atomic E-state index is 0.153. The summed E-state index contributed by atoms with van der Waals surface area (Å²) in [4.78, 5) is 11.6. The number of hydrogen-bond donors (Lipinski definition) is 1. The highest BCUT2D eigenvalue weighted by atomic mass is 31.2. The lowest BCUT2D eigenvalue weighted by atomic mass is 9.93. The zero-order valence-corrected chi connectivity index (χ0v) is 29.4. The van der Waals surface area contributed by atoms with Crippen LogP contribution in [0.3, 0.4) is 0 Å². The van der Waals surface area contributed by atoms with Crippen molar-refractivity contribution in [1.82, 2.24) is 0 Å². The summed E-state index contributed by atoms with van der Waals surface area (Å²) in [6.45, 7) is 20.9. The van der Waals surface area contributed by atoms with Crippen LogP contribution in [0.5, 0.6) is 0 Å². The van der Waals surface area contributed by atoms with E-state index in [-0.39, 0.29) is 16.7 Å². The predicted molar refractivity (Wildman–Crippen MR) is 157 cm³/mol. The summed E-state index contributed by atoms with van der Waals surface area (Å²) < 4.78 is 66.0. The van der Waals surface area contributed by atoms with Crippen LogP contribution in [0, 0.1) is 0 Å². The lowest BCUT2D eigenvalue weighted by Gasteiger charge is -2.40. The van der Waals surface area contributed by atoms with Gasteiger partial charge in [0.15, 0.2) is 22.7 Å². The molecule has 2 fully saturated rings.